The highest BCUT2D eigenvalue weighted by Gasteiger charge is 2.26. The Morgan fingerprint density at radius 1 is 1.33 bits per heavy atom. The van der Waals surface area contributed by atoms with Crippen LogP contribution in [0.25, 0.3) is 0 Å². The van der Waals surface area contributed by atoms with Crippen molar-refractivity contribution in [1.29, 1.82) is 0 Å². The molecule has 4 nitrogen and oxygen atoms in total. The minimum absolute atomic E-state index is 0.0367. The molecule has 2 unspecified atom stereocenters. The normalized spacial score (nSPS) is 22.9. The van der Waals surface area contributed by atoms with E-state index in [1.54, 1.807) is 0 Å². The van der Waals surface area contributed by atoms with Gasteiger partial charge >= 0.3 is 6.03 Å². The van der Waals surface area contributed by atoms with Crippen LogP contribution in [0.3, 0.4) is 0 Å². The quantitative estimate of drug-likeness (QED) is 0.603. The van der Waals surface area contributed by atoms with Crippen molar-refractivity contribution in [2.75, 3.05) is 18.9 Å². The van der Waals surface area contributed by atoms with Crippen molar-refractivity contribution >= 4 is 17.8 Å². The lowest BCUT2D eigenvalue weighted by molar-refractivity contribution is 0.148. The number of thioether (sulfide) groups is 1. The maximum atomic E-state index is 12.0. The molecule has 5 heteroatoms. The maximum Gasteiger partial charge on any atom is 0.315 e. The zero-order valence-electron chi connectivity index (χ0n) is 13.8. The van der Waals surface area contributed by atoms with Crippen LogP contribution in [0.2, 0.25) is 0 Å². The van der Waals surface area contributed by atoms with E-state index in [4.69, 9.17) is 0 Å². The van der Waals surface area contributed by atoms with Crippen LogP contribution < -0.4 is 10.6 Å². The molecule has 0 radical (unpaired) electrons. The van der Waals surface area contributed by atoms with Crippen LogP contribution in [0.5, 0.6) is 0 Å². The molecule has 21 heavy (non-hydrogen) atoms. The van der Waals surface area contributed by atoms with E-state index in [0.29, 0.717) is 17.8 Å². The first-order valence-electron chi connectivity index (χ1n) is 8.25. The average Bonchev–Trinajstić information content (AvgIpc) is 2.46. The van der Waals surface area contributed by atoms with Gasteiger partial charge in [0.2, 0.25) is 0 Å². The van der Waals surface area contributed by atoms with Crippen molar-refractivity contribution in [3.63, 3.8) is 0 Å². The first kappa shape index (κ1) is 18.6. The van der Waals surface area contributed by atoms with E-state index in [1.165, 1.54) is 19.3 Å². The van der Waals surface area contributed by atoms with Gasteiger partial charge in [-0.2, -0.15) is 11.8 Å². The van der Waals surface area contributed by atoms with E-state index in [2.05, 4.69) is 17.6 Å². The van der Waals surface area contributed by atoms with Gasteiger partial charge in [-0.05, 0) is 36.9 Å². The summed E-state index contributed by atoms with van der Waals surface area (Å²) in [5.41, 5.74) is -0.0512. The van der Waals surface area contributed by atoms with Gasteiger partial charge in [0, 0.05) is 24.4 Å². The molecule has 0 heterocycles. The van der Waals surface area contributed by atoms with Gasteiger partial charge in [-0.25, -0.2) is 4.79 Å². The minimum Gasteiger partial charge on any atom is -0.396 e. The molecule has 2 atom stereocenters. The van der Waals surface area contributed by atoms with Gasteiger partial charge in [0.05, 0.1) is 0 Å². The fourth-order valence-electron chi connectivity index (χ4n) is 2.74. The number of urea groups is 1. The zero-order chi connectivity index (χ0) is 15.7. The average molecular weight is 317 g/mol. The van der Waals surface area contributed by atoms with E-state index in [0.717, 1.165) is 25.0 Å². The molecule has 1 aliphatic carbocycles. The standard InChI is InChI=1S/C16H32N2O2S/c1-4-21-14-9-6-5-8-13(14)18-15(20)17-11-7-10-16(2,3)12-19/h13-14,19H,4-12H2,1-3H3,(H2,17,18,20). The summed E-state index contributed by atoms with van der Waals surface area (Å²) in [5, 5.41) is 15.9. The molecule has 2 amide bonds. The molecule has 0 spiro atoms. The topological polar surface area (TPSA) is 61.4 Å². The number of carbonyl (C=O) groups excluding carboxylic acids is 1. The van der Waals surface area contributed by atoms with E-state index >= 15 is 0 Å². The third kappa shape index (κ3) is 7.41. The number of hydrogen-bond acceptors (Lipinski definition) is 3. The summed E-state index contributed by atoms with van der Waals surface area (Å²) in [6.45, 7) is 7.13. The van der Waals surface area contributed by atoms with Crippen LogP contribution in [0.15, 0.2) is 0 Å². The Morgan fingerprint density at radius 3 is 2.71 bits per heavy atom. The van der Waals surface area contributed by atoms with Crippen molar-refractivity contribution in [1.82, 2.24) is 10.6 Å². The molecule has 0 aromatic heterocycles. The molecule has 124 valence electrons. The summed E-state index contributed by atoms with van der Waals surface area (Å²) in [6.07, 6.45) is 6.64. The molecule has 1 aliphatic rings. The minimum atomic E-state index is -0.0512. The summed E-state index contributed by atoms with van der Waals surface area (Å²) in [6, 6.07) is 0.281. The maximum absolute atomic E-state index is 12.0. The number of amides is 2. The van der Waals surface area contributed by atoms with Gasteiger partial charge < -0.3 is 15.7 Å². The Balaban J connectivity index is 2.23. The number of hydrogen-bond donors (Lipinski definition) is 3. The van der Waals surface area contributed by atoms with Crippen LogP contribution in [0, 0.1) is 5.41 Å². The highest BCUT2D eigenvalue weighted by atomic mass is 32.2. The van der Waals surface area contributed by atoms with Crippen LogP contribution in [-0.2, 0) is 0 Å². The summed E-state index contributed by atoms with van der Waals surface area (Å²) in [7, 11) is 0. The Bertz CT molecular complexity index is 309. The number of rotatable bonds is 8. The lowest BCUT2D eigenvalue weighted by Gasteiger charge is -2.31. The predicted octanol–water partition coefficient (Wildman–Crippen LogP) is 3.15. The van der Waals surface area contributed by atoms with Crippen LogP contribution >= 0.6 is 11.8 Å². The monoisotopic (exact) mass is 316 g/mol. The number of aliphatic hydroxyl groups is 1. The molecule has 3 N–H and O–H groups in total. The van der Waals surface area contributed by atoms with Gasteiger partial charge in [0.15, 0.2) is 0 Å². The first-order valence-corrected chi connectivity index (χ1v) is 9.30. The lowest BCUT2D eigenvalue weighted by atomic mass is 9.89. The second-order valence-electron chi connectivity index (χ2n) is 6.71. The number of aliphatic hydroxyl groups excluding tert-OH is 1. The Kier molecular flexibility index (Phi) is 8.49. The van der Waals surface area contributed by atoms with Gasteiger partial charge in [-0.1, -0.05) is 33.6 Å². The summed E-state index contributed by atoms with van der Waals surface area (Å²) in [5.74, 6) is 1.11. The molecule has 0 saturated heterocycles. The number of carbonyl (C=O) groups is 1. The van der Waals surface area contributed by atoms with Crippen molar-refractivity contribution in [2.24, 2.45) is 5.41 Å². The summed E-state index contributed by atoms with van der Waals surface area (Å²) >= 11 is 1.97. The molecule has 0 aliphatic heterocycles. The van der Waals surface area contributed by atoms with Crippen molar-refractivity contribution in [2.45, 2.75) is 70.6 Å². The highest BCUT2D eigenvalue weighted by Crippen LogP contribution is 2.28. The van der Waals surface area contributed by atoms with Crippen molar-refractivity contribution in [3.05, 3.63) is 0 Å². The molecule has 0 aromatic carbocycles. The largest absolute Gasteiger partial charge is 0.396 e. The Hall–Kier alpha value is -0.420. The molecule has 1 fully saturated rings. The molecular formula is C16H32N2O2S. The zero-order valence-corrected chi connectivity index (χ0v) is 14.6. The van der Waals surface area contributed by atoms with Crippen LogP contribution in [-0.4, -0.2) is 41.3 Å². The first-order chi connectivity index (χ1) is 9.98. The third-order valence-corrected chi connectivity index (χ3v) is 5.47. The van der Waals surface area contributed by atoms with E-state index in [-0.39, 0.29) is 18.1 Å². The fourth-order valence-corrected chi connectivity index (χ4v) is 3.94. The van der Waals surface area contributed by atoms with Gasteiger partial charge in [-0.3, -0.25) is 0 Å². The van der Waals surface area contributed by atoms with E-state index < -0.39 is 0 Å². The molecular weight excluding hydrogens is 284 g/mol. The van der Waals surface area contributed by atoms with Gasteiger partial charge in [0.25, 0.3) is 0 Å². The SMILES string of the molecule is CCSC1CCCCC1NC(=O)NCCCC(C)(C)CO. The Morgan fingerprint density at radius 2 is 2.05 bits per heavy atom. The lowest BCUT2D eigenvalue weighted by Crippen LogP contribution is -2.48. The molecule has 1 saturated carbocycles. The third-order valence-electron chi connectivity index (χ3n) is 4.14. The van der Waals surface area contributed by atoms with E-state index in [9.17, 15) is 9.90 Å². The molecule has 0 bridgehead atoms. The Labute approximate surface area is 133 Å². The number of nitrogens with one attached hydrogen (secondary N) is 2. The van der Waals surface area contributed by atoms with Gasteiger partial charge in [-0.15, -0.1) is 0 Å². The van der Waals surface area contributed by atoms with E-state index in [1.807, 2.05) is 25.6 Å². The van der Waals surface area contributed by atoms with Gasteiger partial charge in [0.1, 0.15) is 0 Å². The van der Waals surface area contributed by atoms with Crippen LogP contribution in [0.1, 0.15) is 59.3 Å². The van der Waals surface area contributed by atoms with Crippen molar-refractivity contribution in [3.8, 4) is 0 Å². The molecule has 1 rings (SSSR count). The summed E-state index contributed by atoms with van der Waals surface area (Å²) in [4.78, 5) is 12.0. The van der Waals surface area contributed by atoms with Crippen LogP contribution in [0.4, 0.5) is 4.79 Å². The summed E-state index contributed by atoms with van der Waals surface area (Å²) < 4.78 is 0. The van der Waals surface area contributed by atoms with Crippen molar-refractivity contribution < 1.29 is 9.90 Å². The molecule has 0 aromatic rings. The predicted molar refractivity (Wildman–Crippen MR) is 90.8 cm³/mol. The second kappa shape index (κ2) is 9.57. The fraction of sp³-hybridized carbons (Fsp3) is 0.938. The highest BCUT2D eigenvalue weighted by molar-refractivity contribution is 7.99. The second-order valence-corrected chi connectivity index (χ2v) is 8.23. The smallest absolute Gasteiger partial charge is 0.315 e.